The number of likely N-dealkylation sites (tertiary alicyclic amines) is 1. The van der Waals surface area contributed by atoms with Crippen molar-refractivity contribution >= 4 is 39.3 Å². The fraction of sp³-hybridized carbons (Fsp3) is 0.600. The Morgan fingerprint density at radius 2 is 1.80 bits per heavy atom. The van der Waals surface area contributed by atoms with Crippen LogP contribution in [-0.4, -0.2) is 60.9 Å². The molecule has 30 heavy (non-hydrogen) atoms. The van der Waals surface area contributed by atoms with Gasteiger partial charge in [-0.05, 0) is 64.7 Å². The number of amides is 2. The van der Waals surface area contributed by atoms with E-state index in [-0.39, 0.29) is 15.8 Å². The third kappa shape index (κ3) is 5.07. The van der Waals surface area contributed by atoms with Gasteiger partial charge in [-0.15, -0.1) is 0 Å². The number of rotatable bonds is 4. The summed E-state index contributed by atoms with van der Waals surface area (Å²) in [4.78, 5) is 26.7. The van der Waals surface area contributed by atoms with Crippen molar-refractivity contribution in [2.24, 2.45) is 0 Å². The largest absolute Gasteiger partial charge is 0.444 e. The molecule has 2 aliphatic rings. The first kappa shape index (κ1) is 22.8. The maximum absolute atomic E-state index is 12.9. The number of halogens is 1. The molecule has 8 nitrogen and oxygen atoms in total. The molecular formula is C20H28ClN3O5S. The SMILES string of the molecule is CC(C)(C)OC(=O)N1CCCC1C(=O)Nc1ccc(Cl)c(S(=O)(=O)N2CCCC2)c1. The molecule has 1 N–H and O–H groups in total. The van der Waals surface area contributed by atoms with Crippen molar-refractivity contribution in [3.63, 3.8) is 0 Å². The van der Waals surface area contributed by atoms with Crippen molar-refractivity contribution in [1.82, 2.24) is 9.21 Å². The number of ether oxygens (including phenoxy) is 1. The standard InChI is InChI=1S/C20H28ClN3O5S/c1-20(2,3)29-19(26)24-12-6-7-16(24)18(25)22-14-8-9-15(21)17(13-14)30(27,28)23-10-4-5-11-23/h8-9,13,16H,4-7,10-12H2,1-3H3,(H,22,25). The topological polar surface area (TPSA) is 96.0 Å². The van der Waals surface area contributed by atoms with Gasteiger partial charge in [0, 0.05) is 25.3 Å². The molecule has 0 saturated carbocycles. The number of carbonyl (C=O) groups excluding carboxylic acids is 2. The zero-order valence-corrected chi connectivity index (χ0v) is 19.1. The van der Waals surface area contributed by atoms with E-state index in [4.69, 9.17) is 16.3 Å². The molecule has 3 rings (SSSR count). The number of hydrogen-bond acceptors (Lipinski definition) is 5. The van der Waals surface area contributed by atoms with Gasteiger partial charge in [-0.3, -0.25) is 9.69 Å². The zero-order valence-electron chi connectivity index (χ0n) is 17.5. The van der Waals surface area contributed by atoms with Crippen LogP contribution in [0.4, 0.5) is 10.5 Å². The summed E-state index contributed by atoms with van der Waals surface area (Å²) >= 11 is 6.16. The zero-order chi connectivity index (χ0) is 22.1. The highest BCUT2D eigenvalue weighted by Gasteiger charge is 2.37. The van der Waals surface area contributed by atoms with Gasteiger partial charge >= 0.3 is 6.09 Å². The van der Waals surface area contributed by atoms with E-state index >= 15 is 0 Å². The third-order valence-corrected chi connectivity index (χ3v) is 7.45. The summed E-state index contributed by atoms with van der Waals surface area (Å²) in [5.74, 6) is -0.384. The van der Waals surface area contributed by atoms with Crippen molar-refractivity contribution in [3.8, 4) is 0 Å². The normalized spacial score (nSPS) is 20.4. The molecule has 1 aromatic carbocycles. The predicted octanol–water partition coefficient (Wildman–Crippen LogP) is 3.46. The van der Waals surface area contributed by atoms with Gasteiger partial charge in [0.15, 0.2) is 0 Å². The van der Waals surface area contributed by atoms with Crippen LogP contribution in [0.5, 0.6) is 0 Å². The number of carbonyl (C=O) groups is 2. The first-order valence-corrected chi connectivity index (χ1v) is 11.9. The van der Waals surface area contributed by atoms with Gasteiger partial charge in [0.1, 0.15) is 16.5 Å². The minimum Gasteiger partial charge on any atom is -0.444 e. The average molecular weight is 458 g/mol. The second-order valence-corrected chi connectivity index (χ2v) is 10.9. The molecule has 2 heterocycles. The summed E-state index contributed by atoms with van der Waals surface area (Å²) in [5.41, 5.74) is -0.339. The van der Waals surface area contributed by atoms with Crippen LogP contribution in [0.1, 0.15) is 46.5 Å². The third-order valence-electron chi connectivity index (χ3n) is 5.07. The Morgan fingerprint density at radius 1 is 1.13 bits per heavy atom. The van der Waals surface area contributed by atoms with Crippen LogP contribution >= 0.6 is 11.6 Å². The summed E-state index contributed by atoms with van der Waals surface area (Å²) in [6, 6.07) is 3.71. The summed E-state index contributed by atoms with van der Waals surface area (Å²) < 4.78 is 32.6. The van der Waals surface area contributed by atoms with Crippen molar-refractivity contribution in [2.45, 2.75) is 63.0 Å². The molecule has 1 aromatic rings. The Hall–Kier alpha value is -1.84. The highest BCUT2D eigenvalue weighted by molar-refractivity contribution is 7.89. The molecule has 1 unspecified atom stereocenters. The molecule has 2 amide bonds. The van der Waals surface area contributed by atoms with Crippen molar-refractivity contribution in [3.05, 3.63) is 23.2 Å². The van der Waals surface area contributed by atoms with Crippen LogP contribution in [0.2, 0.25) is 5.02 Å². The van der Waals surface area contributed by atoms with Gasteiger partial charge in [0.25, 0.3) is 0 Å². The van der Waals surface area contributed by atoms with Crippen molar-refractivity contribution < 1.29 is 22.7 Å². The number of anilines is 1. The van der Waals surface area contributed by atoms with E-state index in [2.05, 4.69) is 5.32 Å². The van der Waals surface area contributed by atoms with Crippen LogP contribution in [0.25, 0.3) is 0 Å². The predicted molar refractivity (Wildman–Crippen MR) is 114 cm³/mol. The molecule has 2 saturated heterocycles. The van der Waals surface area contributed by atoms with Gasteiger partial charge in [-0.2, -0.15) is 4.31 Å². The highest BCUT2D eigenvalue weighted by Crippen LogP contribution is 2.30. The van der Waals surface area contributed by atoms with Gasteiger partial charge in [-0.1, -0.05) is 11.6 Å². The Morgan fingerprint density at radius 3 is 2.43 bits per heavy atom. The summed E-state index contributed by atoms with van der Waals surface area (Å²) in [6.45, 7) is 6.66. The first-order valence-electron chi connectivity index (χ1n) is 10.1. The maximum atomic E-state index is 12.9. The lowest BCUT2D eigenvalue weighted by atomic mass is 10.2. The number of sulfonamides is 1. The van der Waals surface area contributed by atoms with E-state index in [1.807, 2.05) is 0 Å². The Bertz CT molecular complexity index is 923. The molecule has 0 spiro atoms. The van der Waals surface area contributed by atoms with Gasteiger partial charge < -0.3 is 10.1 Å². The lowest BCUT2D eigenvalue weighted by molar-refractivity contribution is -0.120. The van der Waals surface area contributed by atoms with Crippen molar-refractivity contribution in [2.75, 3.05) is 25.0 Å². The first-order chi connectivity index (χ1) is 14.0. The molecule has 166 valence electrons. The smallest absolute Gasteiger partial charge is 0.410 e. The van der Waals surface area contributed by atoms with Crippen LogP contribution in [-0.2, 0) is 19.6 Å². The molecule has 10 heteroatoms. The second kappa shape index (κ2) is 8.72. The number of nitrogens with one attached hydrogen (secondary N) is 1. The molecule has 0 bridgehead atoms. The number of nitrogens with zero attached hydrogens (tertiary/aromatic N) is 2. The summed E-state index contributed by atoms with van der Waals surface area (Å²) in [7, 11) is -3.73. The lowest BCUT2D eigenvalue weighted by Gasteiger charge is -2.28. The Kier molecular flexibility index (Phi) is 6.64. The van der Waals surface area contributed by atoms with E-state index in [0.717, 1.165) is 12.8 Å². The van der Waals surface area contributed by atoms with E-state index in [9.17, 15) is 18.0 Å². The quantitative estimate of drug-likeness (QED) is 0.746. The van der Waals surface area contributed by atoms with Crippen LogP contribution < -0.4 is 5.32 Å². The van der Waals surface area contributed by atoms with E-state index < -0.39 is 27.8 Å². The molecule has 2 fully saturated rings. The highest BCUT2D eigenvalue weighted by atomic mass is 35.5. The number of benzene rings is 1. The maximum Gasteiger partial charge on any atom is 0.410 e. The fourth-order valence-electron chi connectivity index (χ4n) is 3.65. The minimum atomic E-state index is -3.73. The molecule has 0 radical (unpaired) electrons. The van der Waals surface area contributed by atoms with Crippen molar-refractivity contribution in [1.29, 1.82) is 0 Å². The second-order valence-electron chi connectivity index (χ2n) is 8.58. The van der Waals surface area contributed by atoms with E-state index in [1.165, 1.54) is 21.3 Å². The monoisotopic (exact) mass is 457 g/mol. The van der Waals surface area contributed by atoms with Gasteiger partial charge in [0.2, 0.25) is 15.9 Å². The molecule has 0 aromatic heterocycles. The lowest BCUT2D eigenvalue weighted by Crippen LogP contribution is -2.45. The van der Waals surface area contributed by atoms with Crippen LogP contribution in [0.15, 0.2) is 23.1 Å². The Balaban J connectivity index is 1.76. The summed E-state index contributed by atoms with van der Waals surface area (Å²) in [5, 5.41) is 2.84. The average Bonchev–Trinajstić information content (AvgIpc) is 3.34. The molecule has 0 aliphatic carbocycles. The van der Waals surface area contributed by atoms with E-state index in [1.54, 1.807) is 26.8 Å². The van der Waals surface area contributed by atoms with Gasteiger partial charge in [0.05, 0.1) is 5.02 Å². The molecule has 1 atom stereocenters. The molecular weight excluding hydrogens is 430 g/mol. The van der Waals surface area contributed by atoms with Crippen LogP contribution in [0.3, 0.4) is 0 Å². The Labute approximate surface area is 182 Å². The summed E-state index contributed by atoms with van der Waals surface area (Å²) in [6.07, 6.45) is 2.29. The molecule has 2 aliphatic heterocycles. The van der Waals surface area contributed by atoms with E-state index in [0.29, 0.717) is 38.2 Å². The minimum absolute atomic E-state index is 0.0284. The van der Waals surface area contributed by atoms with Gasteiger partial charge in [-0.25, -0.2) is 13.2 Å². The van der Waals surface area contributed by atoms with Crippen LogP contribution in [0, 0.1) is 0 Å². The number of hydrogen-bond donors (Lipinski definition) is 1. The fourth-order valence-corrected chi connectivity index (χ4v) is 5.67.